The summed E-state index contributed by atoms with van der Waals surface area (Å²) < 4.78 is 16.3. The highest BCUT2D eigenvalue weighted by Gasteiger charge is 2.19. The van der Waals surface area contributed by atoms with Crippen LogP contribution in [0.25, 0.3) is 11.1 Å². The summed E-state index contributed by atoms with van der Waals surface area (Å²) in [7, 11) is 0. The largest absolute Gasteiger partial charge is 0.454 e. The van der Waals surface area contributed by atoms with Crippen molar-refractivity contribution in [2.75, 3.05) is 6.79 Å². The highest BCUT2D eigenvalue weighted by molar-refractivity contribution is 8.00. The fourth-order valence-electron chi connectivity index (χ4n) is 2.52. The maximum absolute atomic E-state index is 12.3. The second kappa shape index (κ2) is 7.09. The summed E-state index contributed by atoms with van der Waals surface area (Å²) in [4.78, 5) is 16.7. The van der Waals surface area contributed by atoms with Crippen LogP contribution in [-0.2, 0) is 11.3 Å². The van der Waals surface area contributed by atoms with Crippen LogP contribution < -0.4 is 14.8 Å². The number of nitrogens with zero attached hydrogens (tertiary/aromatic N) is 1. The van der Waals surface area contributed by atoms with E-state index in [4.69, 9.17) is 25.5 Å². The average molecular weight is 391 g/mol. The molecular weight excluding hydrogens is 376 g/mol. The van der Waals surface area contributed by atoms with Crippen LogP contribution in [-0.4, -0.2) is 22.9 Å². The van der Waals surface area contributed by atoms with Crippen LogP contribution in [0.15, 0.2) is 46.0 Å². The summed E-state index contributed by atoms with van der Waals surface area (Å²) in [5.74, 6) is 1.32. The summed E-state index contributed by atoms with van der Waals surface area (Å²) in [5.41, 5.74) is 2.26. The van der Waals surface area contributed by atoms with E-state index in [0.29, 0.717) is 33.6 Å². The number of thioether (sulfide) groups is 1. The van der Waals surface area contributed by atoms with Crippen molar-refractivity contribution in [2.24, 2.45) is 0 Å². The number of oxazole rings is 1. The highest BCUT2D eigenvalue weighted by atomic mass is 35.5. The Morgan fingerprint density at radius 3 is 3.00 bits per heavy atom. The summed E-state index contributed by atoms with van der Waals surface area (Å²) in [6.45, 7) is 2.44. The van der Waals surface area contributed by atoms with Gasteiger partial charge in [-0.25, -0.2) is 4.98 Å². The van der Waals surface area contributed by atoms with Crippen molar-refractivity contribution in [3.8, 4) is 11.5 Å². The zero-order valence-electron chi connectivity index (χ0n) is 13.8. The van der Waals surface area contributed by atoms with E-state index < -0.39 is 0 Å². The Hall–Kier alpha value is -2.38. The number of carbonyl (C=O) groups excluding carboxylic acids is 1. The van der Waals surface area contributed by atoms with Gasteiger partial charge in [0, 0.05) is 17.6 Å². The molecule has 8 heteroatoms. The molecule has 1 atom stereocenters. The molecule has 1 N–H and O–H groups in total. The summed E-state index contributed by atoms with van der Waals surface area (Å²) >= 11 is 7.20. The van der Waals surface area contributed by atoms with Gasteiger partial charge in [0.25, 0.3) is 5.22 Å². The van der Waals surface area contributed by atoms with Gasteiger partial charge < -0.3 is 19.2 Å². The van der Waals surface area contributed by atoms with Crippen molar-refractivity contribution in [3.05, 3.63) is 47.0 Å². The predicted molar refractivity (Wildman–Crippen MR) is 98.7 cm³/mol. The number of amides is 1. The first-order chi connectivity index (χ1) is 12.6. The van der Waals surface area contributed by atoms with E-state index in [9.17, 15) is 4.79 Å². The molecule has 0 aliphatic carbocycles. The van der Waals surface area contributed by atoms with Gasteiger partial charge in [-0.3, -0.25) is 4.79 Å². The van der Waals surface area contributed by atoms with Gasteiger partial charge in [-0.2, -0.15) is 0 Å². The van der Waals surface area contributed by atoms with E-state index in [2.05, 4.69) is 10.3 Å². The number of hydrogen-bond acceptors (Lipinski definition) is 6. The van der Waals surface area contributed by atoms with Crippen LogP contribution in [0.1, 0.15) is 12.5 Å². The van der Waals surface area contributed by atoms with E-state index in [1.807, 2.05) is 25.1 Å². The zero-order chi connectivity index (χ0) is 18.1. The third kappa shape index (κ3) is 3.59. The van der Waals surface area contributed by atoms with Gasteiger partial charge >= 0.3 is 0 Å². The summed E-state index contributed by atoms with van der Waals surface area (Å²) in [5, 5.41) is 3.57. The fourth-order valence-corrected chi connectivity index (χ4v) is 3.46. The number of aromatic nitrogens is 1. The number of fused-ring (bicyclic) bond motifs is 2. The smallest absolute Gasteiger partial charge is 0.257 e. The molecule has 1 aromatic heterocycles. The van der Waals surface area contributed by atoms with E-state index in [1.54, 1.807) is 18.2 Å². The van der Waals surface area contributed by atoms with E-state index in [0.717, 1.165) is 11.3 Å². The second-order valence-electron chi connectivity index (χ2n) is 5.76. The van der Waals surface area contributed by atoms with Crippen molar-refractivity contribution in [3.63, 3.8) is 0 Å². The lowest BCUT2D eigenvalue weighted by Gasteiger charge is -2.10. The molecule has 0 unspecified atom stereocenters. The van der Waals surface area contributed by atoms with Crippen LogP contribution >= 0.6 is 23.4 Å². The number of ether oxygens (including phenoxy) is 2. The lowest BCUT2D eigenvalue weighted by atomic mass is 10.2. The molecule has 1 amide bonds. The topological polar surface area (TPSA) is 73.6 Å². The first-order valence-electron chi connectivity index (χ1n) is 7.97. The van der Waals surface area contributed by atoms with Crippen LogP contribution in [0.5, 0.6) is 11.5 Å². The lowest BCUT2D eigenvalue weighted by molar-refractivity contribution is -0.120. The van der Waals surface area contributed by atoms with Crippen molar-refractivity contribution in [1.82, 2.24) is 10.3 Å². The third-order valence-electron chi connectivity index (χ3n) is 3.88. The van der Waals surface area contributed by atoms with Crippen LogP contribution in [0.2, 0.25) is 5.02 Å². The fraction of sp³-hybridized carbons (Fsp3) is 0.222. The number of halogens is 1. The number of carbonyl (C=O) groups is 1. The molecule has 4 rings (SSSR count). The van der Waals surface area contributed by atoms with Gasteiger partial charge in [0.2, 0.25) is 12.7 Å². The Balaban J connectivity index is 1.36. The highest BCUT2D eigenvalue weighted by Crippen LogP contribution is 2.32. The molecule has 2 aromatic carbocycles. The minimum atomic E-state index is -0.354. The molecular formula is C18H15ClN2O4S. The molecule has 0 spiro atoms. The molecule has 6 nitrogen and oxygen atoms in total. The zero-order valence-corrected chi connectivity index (χ0v) is 15.4. The minimum Gasteiger partial charge on any atom is -0.454 e. The summed E-state index contributed by atoms with van der Waals surface area (Å²) in [6, 6.07) is 10.9. The predicted octanol–water partition coefficient (Wildman–Crippen LogP) is 4.01. The van der Waals surface area contributed by atoms with Crippen molar-refractivity contribution < 1.29 is 18.7 Å². The van der Waals surface area contributed by atoms with Crippen LogP contribution in [0.3, 0.4) is 0 Å². The molecule has 2 heterocycles. The Bertz CT molecular complexity index is 975. The van der Waals surface area contributed by atoms with Crippen molar-refractivity contribution in [2.45, 2.75) is 23.9 Å². The van der Waals surface area contributed by atoms with Crippen molar-refractivity contribution in [1.29, 1.82) is 0 Å². The average Bonchev–Trinajstić information content (AvgIpc) is 3.24. The van der Waals surface area contributed by atoms with Gasteiger partial charge in [0.1, 0.15) is 5.52 Å². The Labute approximate surface area is 158 Å². The monoisotopic (exact) mass is 390 g/mol. The molecule has 0 saturated carbocycles. The van der Waals surface area contributed by atoms with Gasteiger partial charge in [-0.15, -0.1) is 0 Å². The SMILES string of the molecule is C[C@H](Sc1nc2ccc(Cl)cc2o1)C(=O)NCc1ccc2c(c1)OCO2. The van der Waals surface area contributed by atoms with E-state index in [1.165, 1.54) is 11.8 Å². The molecule has 0 radical (unpaired) electrons. The molecule has 0 bridgehead atoms. The van der Waals surface area contributed by atoms with E-state index >= 15 is 0 Å². The van der Waals surface area contributed by atoms with E-state index in [-0.39, 0.29) is 18.0 Å². The summed E-state index contributed by atoms with van der Waals surface area (Å²) in [6.07, 6.45) is 0. The maximum Gasteiger partial charge on any atom is 0.257 e. The molecule has 0 fully saturated rings. The molecule has 134 valence electrons. The van der Waals surface area contributed by atoms with Gasteiger partial charge in [-0.1, -0.05) is 29.4 Å². The van der Waals surface area contributed by atoms with Gasteiger partial charge in [0.15, 0.2) is 17.1 Å². The van der Waals surface area contributed by atoms with Gasteiger partial charge in [-0.05, 0) is 36.8 Å². The Morgan fingerprint density at radius 1 is 1.27 bits per heavy atom. The first kappa shape index (κ1) is 17.1. The quantitative estimate of drug-likeness (QED) is 0.663. The Morgan fingerprint density at radius 2 is 2.12 bits per heavy atom. The molecule has 1 aliphatic rings. The van der Waals surface area contributed by atoms with Crippen LogP contribution in [0, 0.1) is 0 Å². The van der Waals surface area contributed by atoms with Crippen molar-refractivity contribution >= 4 is 40.4 Å². The minimum absolute atomic E-state index is 0.104. The third-order valence-corrected chi connectivity index (χ3v) is 5.06. The number of benzene rings is 2. The number of hydrogen-bond donors (Lipinski definition) is 1. The number of rotatable bonds is 5. The Kier molecular flexibility index (Phi) is 4.65. The maximum atomic E-state index is 12.3. The molecule has 26 heavy (non-hydrogen) atoms. The molecule has 0 saturated heterocycles. The number of nitrogens with one attached hydrogen (secondary N) is 1. The normalized spacial score (nSPS) is 13.8. The standard InChI is InChI=1S/C18H15ClN2O4S/c1-10(26-18-21-13-4-3-12(19)7-15(13)25-18)17(22)20-8-11-2-5-14-16(6-11)24-9-23-14/h2-7,10H,8-9H2,1H3,(H,20,22)/t10-/m0/s1. The lowest BCUT2D eigenvalue weighted by Crippen LogP contribution is -2.30. The first-order valence-corrected chi connectivity index (χ1v) is 9.23. The molecule has 3 aromatic rings. The molecule has 1 aliphatic heterocycles. The van der Waals surface area contributed by atoms with Gasteiger partial charge in [0.05, 0.1) is 5.25 Å². The second-order valence-corrected chi connectivity index (χ2v) is 7.49. The van der Waals surface area contributed by atoms with Crippen LogP contribution in [0.4, 0.5) is 0 Å².